The molecule has 1 unspecified atom stereocenters. The highest BCUT2D eigenvalue weighted by atomic mass is 35.5. The number of ether oxygens (including phenoxy) is 1. The first-order valence-corrected chi connectivity index (χ1v) is 10.6. The van der Waals surface area contributed by atoms with E-state index >= 15 is 0 Å². The molecule has 28 heavy (non-hydrogen) atoms. The number of sulfonamides is 1. The molecule has 8 heteroatoms. The van der Waals surface area contributed by atoms with Gasteiger partial charge in [-0.1, -0.05) is 18.5 Å². The fourth-order valence-electron chi connectivity index (χ4n) is 3.64. The minimum Gasteiger partial charge on any atom is -0.495 e. The molecule has 2 aromatic carbocycles. The molecule has 0 spiro atoms. The lowest BCUT2D eigenvalue weighted by Crippen LogP contribution is -2.39. The zero-order chi connectivity index (χ0) is 20.1. The monoisotopic (exact) mass is 420 g/mol. The first kappa shape index (κ1) is 18.8. The number of fused-ring (bicyclic) bond motifs is 3. The molecule has 0 amide bonds. The molecular formula is C20H18ClFN2O3S. The zero-order valence-corrected chi connectivity index (χ0v) is 16.8. The molecule has 1 aliphatic rings. The molecule has 2 heterocycles. The Bertz CT molecular complexity index is 1160. The van der Waals surface area contributed by atoms with Crippen molar-refractivity contribution in [2.75, 3.05) is 11.4 Å². The molecule has 0 fully saturated rings. The molecule has 1 atom stereocenters. The average Bonchev–Trinajstić information content (AvgIpc) is 3.16. The number of hydrogen-bond acceptors (Lipinski definition) is 3. The van der Waals surface area contributed by atoms with E-state index in [1.807, 2.05) is 29.8 Å². The van der Waals surface area contributed by atoms with Crippen molar-refractivity contribution in [1.29, 1.82) is 0 Å². The third-order valence-corrected chi connectivity index (χ3v) is 7.02. The second-order valence-electron chi connectivity index (χ2n) is 6.46. The predicted molar refractivity (Wildman–Crippen MR) is 106 cm³/mol. The van der Waals surface area contributed by atoms with Crippen LogP contribution < -0.4 is 9.04 Å². The molecule has 4 rings (SSSR count). The minimum atomic E-state index is -4.01. The molecule has 0 bridgehead atoms. The Kier molecular flexibility index (Phi) is 4.59. The van der Waals surface area contributed by atoms with Gasteiger partial charge in [0, 0.05) is 18.0 Å². The first-order chi connectivity index (χ1) is 13.4. The number of aromatic nitrogens is 1. The summed E-state index contributed by atoms with van der Waals surface area (Å²) in [6.07, 6.45) is 2.37. The van der Waals surface area contributed by atoms with E-state index in [0.717, 1.165) is 5.69 Å². The number of benzene rings is 2. The van der Waals surface area contributed by atoms with Gasteiger partial charge < -0.3 is 9.30 Å². The smallest absolute Gasteiger partial charge is 0.265 e. The fraction of sp³-hybridized carbons (Fsp3) is 0.200. The van der Waals surface area contributed by atoms with Gasteiger partial charge in [-0.05, 0) is 48.9 Å². The molecule has 1 aliphatic heterocycles. The van der Waals surface area contributed by atoms with Crippen molar-refractivity contribution in [3.05, 3.63) is 71.3 Å². The quantitative estimate of drug-likeness (QED) is 0.600. The highest BCUT2D eigenvalue weighted by Crippen LogP contribution is 2.44. The summed E-state index contributed by atoms with van der Waals surface area (Å²) in [5.41, 5.74) is 1.72. The topological polar surface area (TPSA) is 51.5 Å². The maximum Gasteiger partial charge on any atom is 0.265 e. The van der Waals surface area contributed by atoms with Gasteiger partial charge in [-0.2, -0.15) is 0 Å². The van der Waals surface area contributed by atoms with Crippen LogP contribution in [0.5, 0.6) is 5.75 Å². The Hall–Kier alpha value is -2.51. The summed E-state index contributed by atoms with van der Waals surface area (Å²) in [5.74, 6) is -0.121. The second-order valence-corrected chi connectivity index (χ2v) is 8.68. The van der Waals surface area contributed by atoms with Crippen molar-refractivity contribution in [3.8, 4) is 11.4 Å². The number of methoxy groups -OCH3 is 1. The molecule has 146 valence electrons. The van der Waals surface area contributed by atoms with Crippen LogP contribution in [0.15, 0.2) is 59.6 Å². The Balaban J connectivity index is 1.95. The van der Waals surface area contributed by atoms with Crippen LogP contribution in [-0.2, 0) is 10.0 Å². The van der Waals surface area contributed by atoms with Crippen LogP contribution >= 0.6 is 11.6 Å². The molecule has 0 aliphatic carbocycles. The molecule has 3 aromatic rings. The van der Waals surface area contributed by atoms with E-state index in [-0.39, 0.29) is 9.92 Å². The van der Waals surface area contributed by atoms with Crippen LogP contribution in [0.1, 0.15) is 25.1 Å². The molecule has 0 radical (unpaired) electrons. The van der Waals surface area contributed by atoms with Crippen LogP contribution in [0.2, 0.25) is 5.02 Å². The van der Waals surface area contributed by atoms with Gasteiger partial charge in [-0.3, -0.25) is 4.31 Å². The lowest BCUT2D eigenvalue weighted by atomic mass is 10.1. The third kappa shape index (κ3) is 2.77. The Morgan fingerprint density at radius 2 is 1.93 bits per heavy atom. The summed E-state index contributed by atoms with van der Waals surface area (Å²) >= 11 is 6.16. The summed E-state index contributed by atoms with van der Waals surface area (Å²) in [6.45, 7) is 1.90. The molecule has 0 saturated carbocycles. The van der Waals surface area contributed by atoms with Gasteiger partial charge in [0.05, 0.1) is 34.4 Å². The number of rotatable bonds is 4. The third-order valence-electron chi connectivity index (χ3n) is 4.91. The van der Waals surface area contributed by atoms with E-state index < -0.39 is 21.9 Å². The summed E-state index contributed by atoms with van der Waals surface area (Å²) in [4.78, 5) is 0.0203. The predicted octanol–water partition coefficient (Wildman–Crippen LogP) is 4.94. The summed E-state index contributed by atoms with van der Waals surface area (Å²) in [6, 6.07) is 11.7. The van der Waals surface area contributed by atoms with Gasteiger partial charge in [0.15, 0.2) is 0 Å². The van der Waals surface area contributed by atoms with Gasteiger partial charge in [0.2, 0.25) is 0 Å². The van der Waals surface area contributed by atoms with Crippen molar-refractivity contribution in [2.45, 2.75) is 24.3 Å². The fourth-order valence-corrected chi connectivity index (χ4v) is 5.70. The van der Waals surface area contributed by atoms with Gasteiger partial charge in [-0.25, -0.2) is 12.8 Å². The average molecular weight is 421 g/mol. The maximum atomic E-state index is 14.1. The van der Waals surface area contributed by atoms with Crippen LogP contribution in [-0.4, -0.2) is 20.1 Å². The van der Waals surface area contributed by atoms with Gasteiger partial charge in [0.1, 0.15) is 11.6 Å². The van der Waals surface area contributed by atoms with Crippen molar-refractivity contribution in [3.63, 3.8) is 0 Å². The van der Waals surface area contributed by atoms with Gasteiger partial charge >= 0.3 is 0 Å². The Labute approximate surface area is 168 Å². The van der Waals surface area contributed by atoms with E-state index in [2.05, 4.69) is 0 Å². The second kappa shape index (κ2) is 6.83. The van der Waals surface area contributed by atoms with Crippen LogP contribution in [0.25, 0.3) is 5.69 Å². The SMILES string of the molecule is CCC1c2cccn2-c2ccc(F)cc2N1S(=O)(=O)c1ccc(OC)c(Cl)c1. The number of hydrogen-bond donors (Lipinski definition) is 0. The first-order valence-electron chi connectivity index (χ1n) is 8.73. The van der Waals surface area contributed by atoms with Gasteiger partial charge in [0.25, 0.3) is 10.0 Å². The normalized spacial score (nSPS) is 15.9. The van der Waals surface area contributed by atoms with E-state index in [4.69, 9.17) is 16.3 Å². The molecule has 5 nitrogen and oxygen atoms in total. The van der Waals surface area contributed by atoms with Crippen LogP contribution in [0.3, 0.4) is 0 Å². The van der Waals surface area contributed by atoms with Crippen molar-refractivity contribution < 1.29 is 17.5 Å². The summed E-state index contributed by atoms with van der Waals surface area (Å²) in [7, 11) is -2.55. The maximum absolute atomic E-state index is 14.1. The van der Waals surface area contributed by atoms with Crippen molar-refractivity contribution in [1.82, 2.24) is 4.57 Å². The molecular weight excluding hydrogens is 403 g/mol. The minimum absolute atomic E-state index is 0.0203. The lowest BCUT2D eigenvalue weighted by molar-refractivity contribution is 0.414. The highest BCUT2D eigenvalue weighted by molar-refractivity contribution is 7.92. The Morgan fingerprint density at radius 3 is 2.61 bits per heavy atom. The zero-order valence-electron chi connectivity index (χ0n) is 15.3. The van der Waals surface area contributed by atoms with Crippen LogP contribution in [0.4, 0.5) is 10.1 Å². The number of nitrogens with zero attached hydrogens (tertiary/aromatic N) is 2. The number of halogens is 2. The van der Waals surface area contributed by atoms with E-state index in [1.165, 1.54) is 41.7 Å². The molecule has 0 N–H and O–H groups in total. The lowest BCUT2D eigenvalue weighted by Gasteiger charge is -2.38. The molecule has 0 saturated heterocycles. The molecule has 1 aromatic heterocycles. The standard InChI is InChI=1S/C20H18ClFN2O3S/c1-3-16-17-5-4-10-23(17)18-8-6-13(22)11-19(18)24(16)28(25,26)14-7-9-20(27-2)15(21)12-14/h4-12,16H,3H2,1-2H3. The van der Waals surface area contributed by atoms with Gasteiger partial charge in [-0.15, -0.1) is 0 Å². The highest BCUT2D eigenvalue weighted by Gasteiger charge is 2.38. The van der Waals surface area contributed by atoms with E-state index in [1.54, 1.807) is 6.07 Å². The summed E-state index contributed by atoms with van der Waals surface area (Å²) in [5, 5.41) is 0.191. The largest absolute Gasteiger partial charge is 0.495 e. The summed E-state index contributed by atoms with van der Waals surface area (Å²) < 4.78 is 49.6. The van der Waals surface area contributed by atoms with Crippen LogP contribution in [0, 0.1) is 5.82 Å². The number of anilines is 1. The van der Waals surface area contributed by atoms with E-state index in [9.17, 15) is 12.8 Å². The van der Waals surface area contributed by atoms with E-state index in [0.29, 0.717) is 23.5 Å². The van der Waals surface area contributed by atoms with Crippen molar-refractivity contribution >= 4 is 27.3 Å². The Morgan fingerprint density at radius 1 is 1.14 bits per heavy atom. The van der Waals surface area contributed by atoms with Crippen molar-refractivity contribution in [2.24, 2.45) is 0 Å².